The van der Waals surface area contributed by atoms with Gasteiger partial charge in [-0.15, -0.1) is 0 Å². The average Bonchev–Trinajstić information content (AvgIpc) is 2.46. The molecule has 1 amide bonds. The lowest BCUT2D eigenvalue weighted by Crippen LogP contribution is -2.39. The number of hydrogen-bond donors (Lipinski definition) is 2. The van der Waals surface area contributed by atoms with Gasteiger partial charge in [0.1, 0.15) is 17.3 Å². The minimum atomic E-state index is -0.919. The number of halogens is 2. The Morgan fingerprint density at radius 3 is 2.20 bits per heavy atom. The predicted molar refractivity (Wildman–Crippen MR) is 79.9 cm³/mol. The van der Waals surface area contributed by atoms with Crippen molar-refractivity contribution in [3.05, 3.63) is 29.3 Å². The SMILES string of the molecule is CCC(CC)(CNC(=O)c1cc(F)c(N)c(F)c1)SC. The molecule has 0 saturated carbocycles. The number of carbonyl (C=O) groups is 1. The number of hydrogen-bond acceptors (Lipinski definition) is 3. The van der Waals surface area contributed by atoms with Gasteiger partial charge in [-0.3, -0.25) is 4.79 Å². The number of rotatable bonds is 6. The van der Waals surface area contributed by atoms with Gasteiger partial charge in [0.05, 0.1) is 0 Å². The highest BCUT2D eigenvalue weighted by molar-refractivity contribution is 8.00. The second-order valence-electron chi connectivity index (χ2n) is 4.63. The molecule has 0 aliphatic rings. The first-order valence-corrected chi connectivity index (χ1v) is 7.69. The van der Waals surface area contributed by atoms with Crippen LogP contribution in [0.5, 0.6) is 0 Å². The summed E-state index contributed by atoms with van der Waals surface area (Å²) in [5.41, 5.74) is 4.55. The Labute approximate surface area is 122 Å². The highest BCUT2D eigenvalue weighted by atomic mass is 32.2. The van der Waals surface area contributed by atoms with Gasteiger partial charge < -0.3 is 11.1 Å². The van der Waals surface area contributed by atoms with Crippen LogP contribution in [0.4, 0.5) is 14.5 Å². The van der Waals surface area contributed by atoms with Crippen LogP contribution < -0.4 is 11.1 Å². The number of anilines is 1. The molecule has 0 aromatic heterocycles. The van der Waals surface area contributed by atoms with E-state index in [1.165, 1.54) is 0 Å². The van der Waals surface area contributed by atoms with Crippen molar-refractivity contribution in [2.75, 3.05) is 18.5 Å². The molecule has 20 heavy (non-hydrogen) atoms. The molecule has 6 heteroatoms. The molecule has 3 nitrogen and oxygen atoms in total. The van der Waals surface area contributed by atoms with Crippen LogP contribution in [-0.4, -0.2) is 23.5 Å². The molecule has 0 bridgehead atoms. The zero-order chi connectivity index (χ0) is 15.3. The van der Waals surface area contributed by atoms with Crippen LogP contribution in [0.25, 0.3) is 0 Å². The number of carbonyl (C=O) groups excluding carboxylic acids is 1. The van der Waals surface area contributed by atoms with Crippen molar-refractivity contribution in [3.63, 3.8) is 0 Å². The number of nitrogens with two attached hydrogens (primary N) is 1. The summed E-state index contributed by atoms with van der Waals surface area (Å²) in [6, 6.07) is 1.90. The topological polar surface area (TPSA) is 55.1 Å². The van der Waals surface area contributed by atoms with Crippen LogP contribution in [0.15, 0.2) is 12.1 Å². The van der Waals surface area contributed by atoms with Gasteiger partial charge in [-0.1, -0.05) is 13.8 Å². The molecular weight excluding hydrogens is 282 g/mol. The maximum Gasteiger partial charge on any atom is 0.251 e. The van der Waals surface area contributed by atoms with Gasteiger partial charge in [-0.05, 0) is 31.2 Å². The average molecular weight is 302 g/mol. The summed E-state index contributed by atoms with van der Waals surface area (Å²) in [6.45, 7) is 4.55. The summed E-state index contributed by atoms with van der Waals surface area (Å²) < 4.78 is 26.6. The maximum absolute atomic E-state index is 13.3. The van der Waals surface area contributed by atoms with Crippen LogP contribution >= 0.6 is 11.8 Å². The Balaban J connectivity index is 2.82. The normalized spacial score (nSPS) is 11.4. The molecule has 0 atom stereocenters. The first-order valence-electron chi connectivity index (χ1n) is 6.47. The summed E-state index contributed by atoms with van der Waals surface area (Å²) in [6.07, 6.45) is 3.78. The lowest BCUT2D eigenvalue weighted by atomic mass is 10.0. The van der Waals surface area contributed by atoms with Crippen LogP contribution in [0, 0.1) is 11.6 Å². The third kappa shape index (κ3) is 3.62. The second-order valence-corrected chi connectivity index (χ2v) is 5.90. The van der Waals surface area contributed by atoms with Gasteiger partial charge in [0.25, 0.3) is 5.91 Å². The van der Waals surface area contributed by atoms with E-state index in [1.807, 2.05) is 6.26 Å². The van der Waals surface area contributed by atoms with Gasteiger partial charge in [0, 0.05) is 16.9 Å². The fourth-order valence-electron chi connectivity index (χ4n) is 1.92. The van der Waals surface area contributed by atoms with E-state index in [4.69, 9.17) is 5.73 Å². The summed E-state index contributed by atoms with van der Waals surface area (Å²) in [5.74, 6) is -2.34. The van der Waals surface area contributed by atoms with Gasteiger partial charge in [0.15, 0.2) is 0 Å². The number of nitrogens with one attached hydrogen (secondary N) is 1. The lowest BCUT2D eigenvalue weighted by molar-refractivity contribution is 0.0948. The Bertz CT molecular complexity index is 459. The smallest absolute Gasteiger partial charge is 0.251 e. The van der Waals surface area contributed by atoms with Crippen LogP contribution in [0.1, 0.15) is 37.0 Å². The minimum Gasteiger partial charge on any atom is -0.394 e. The van der Waals surface area contributed by atoms with Gasteiger partial charge >= 0.3 is 0 Å². The number of benzene rings is 1. The molecule has 0 saturated heterocycles. The minimum absolute atomic E-state index is 0.0550. The molecule has 1 rings (SSSR count). The van der Waals surface area contributed by atoms with Crippen molar-refractivity contribution in [2.24, 2.45) is 0 Å². The molecule has 0 radical (unpaired) electrons. The molecule has 0 aliphatic carbocycles. The van der Waals surface area contributed by atoms with E-state index in [9.17, 15) is 13.6 Å². The highest BCUT2D eigenvalue weighted by Gasteiger charge is 2.25. The van der Waals surface area contributed by atoms with E-state index in [1.54, 1.807) is 11.8 Å². The number of thioether (sulfide) groups is 1. The fraction of sp³-hybridized carbons (Fsp3) is 0.500. The number of nitrogen functional groups attached to an aromatic ring is 1. The van der Waals surface area contributed by atoms with Crippen molar-refractivity contribution in [3.8, 4) is 0 Å². The van der Waals surface area contributed by atoms with Crippen LogP contribution in [0.3, 0.4) is 0 Å². The molecule has 1 aromatic carbocycles. The summed E-state index contributed by atoms with van der Waals surface area (Å²) in [5, 5.41) is 2.73. The zero-order valence-corrected chi connectivity index (χ0v) is 12.7. The second kappa shape index (κ2) is 6.92. The van der Waals surface area contributed by atoms with E-state index in [0.717, 1.165) is 25.0 Å². The van der Waals surface area contributed by atoms with Gasteiger partial charge in [-0.2, -0.15) is 11.8 Å². The molecule has 0 unspecified atom stereocenters. The molecule has 0 spiro atoms. The third-order valence-corrected chi connectivity index (χ3v) is 5.22. The van der Waals surface area contributed by atoms with Crippen molar-refractivity contribution in [2.45, 2.75) is 31.4 Å². The molecule has 0 aliphatic heterocycles. The molecule has 0 heterocycles. The molecule has 1 aromatic rings. The lowest BCUT2D eigenvalue weighted by Gasteiger charge is -2.29. The number of amides is 1. The summed E-state index contributed by atoms with van der Waals surface area (Å²) in [4.78, 5) is 12.0. The Morgan fingerprint density at radius 2 is 1.80 bits per heavy atom. The Kier molecular flexibility index (Phi) is 5.80. The van der Waals surface area contributed by atoms with Gasteiger partial charge in [0.2, 0.25) is 0 Å². The van der Waals surface area contributed by atoms with Gasteiger partial charge in [-0.25, -0.2) is 8.78 Å². The molecule has 3 N–H and O–H groups in total. The van der Waals surface area contributed by atoms with E-state index < -0.39 is 23.2 Å². The monoisotopic (exact) mass is 302 g/mol. The first kappa shape index (κ1) is 16.8. The van der Waals surface area contributed by atoms with Crippen LogP contribution in [0.2, 0.25) is 0 Å². The van der Waals surface area contributed by atoms with E-state index in [-0.39, 0.29) is 10.3 Å². The van der Waals surface area contributed by atoms with E-state index in [0.29, 0.717) is 6.54 Å². The zero-order valence-electron chi connectivity index (χ0n) is 11.9. The Morgan fingerprint density at radius 1 is 1.30 bits per heavy atom. The molecular formula is C14H20F2N2OS. The predicted octanol–water partition coefficient (Wildman–Crippen LogP) is 3.20. The van der Waals surface area contributed by atoms with Crippen molar-refractivity contribution < 1.29 is 13.6 Å². The van der Waals surface area contributed by atoms with E-state index in [2.05, 4.69) is 19.2 Å². The van der Waals surface area contributed by atoms with E-state index >= 15 is 0 Å². The summed E-state index contributed by atoms with van der Waals surface area (Å²) in [7, 11) is 0. The Hall–Kier alpha value is -1.30. The standard InChI is InChI=1S/C14H20F2N2OS/c1-4-14(5-2,20-3)8-18-13(19)9-6-10(15)12(17)11(16)7-9/h6-7H,4-5,8,17H2,1-3H3,(H,18,19). The quantitative estimate of drug-likeness (QED) is 0.793. The molecule has 0 fully saturated rings. The largest absolute Gasteiger partial charge is 0.394 e. The highest BCUT2D eigenvalue weighted by Crippen LogP contribution is 2.29. The first-order chi connectivity index (χ1) is 9.39. The third-order valence-electron chi connectivity index (χ3n) is 3.63. The summed E-state index contributed by atoms with van der Waals surface area (Å²) >= 11 is 1.68. The molecule has 112 valence electrons. The van der Waals surface area contributed by atoms with Crippen molar-refractivity contribution in [1.82, 2.24) is 5.32 Å². The van der Waals surface area contributed by atoms with Crippen molar-refractivity contribution in [1.29, 1.82) is 0 Å². The fourth-order valence-corrected chi connectivity index (χ4v) is 2.71. The van der Waals surface area contributed by atoms with Crippen molar-refractivity contribution >= 4 is 23.4 Å². The maximum atomic E-state index is 13.3. The van der Waals surface area contributed by atoms with Crippen LogP contribution in [-0.2, 0) is 0 Å².